The summed E-state index contributed by atoms with van der Waals surface area (Å²) in [5.41, 5.74) is 4.34. The number of halogens is 2. The van der Waals surface area contributed by atoms with E-state index >= 15 is 0 Å². The second-order valence-electron chi connectivity index (χ2n) is 7.64. The van der Waals surface area contributed by atoms with Crippen LogP contribution in [0.15, 0.2) is 38.8 Å². The number of H-pyrrole nitrogens is 1. The molecule has 0 spiro atoms. The number of rotatable bonds is 9. The number of alkyl halides is 2. The standard InChI is InChI=1S/C20H26F2N4O5S/c1-4-5-10-25-16(23)15(17(27)24-20(25)29)26(11-12(2)3)18(28)13-6-8-14(9-7-13)32(30,31)19(21)22/h6-9,12,19H,4-5,10-11,23H2,1-3H3,(H,24,27,29). The number of nitrogens with two attached hydrogens (primary N) is 1. The molecule has 0 radical (unpaired) electrons. The molecular formula is C20H26F2N4O5S. The average Bonchev–Trinajstić information content (AvgIpc) is 2.71. The Kier molecular flexibility index (Phi) is 7.94. The van der Waals surface area contributed by atoms with Crippen LogP contribution in [0.2, 0.25) is 0 Å². The third-order valence-electron chi connectivity index (χ3n) is 4.68. The van der Waals surface area contributed by atoms with E-state index in [4.69, 9.17) is 5.73 Å². The van der Waals surface area contributed by atoms with Crippen LogP contribution in [0.5, 0.6) is 0 Å². The lowest BCUT2D eigenvalue weighted by Crippen LogP contribution is -2.42. The van der Waals surface area contributed by atoms with E-state index in [0.29, 0.717) is 6.42 Å². The topological polar surface area (TPSA) is 135 Å². The molecule has 1 aromatic carbocycles. The number of sulfone groups is 1. The number of aromatic nitrogens is 2. The molecule has 0 aliphatic heterocycles. The third-order valence-corrected chi connectivity index (χ3v) is 6.07. The zero-order chi connectivity index (χ0) is 24.2. The first-order chi connectivity index (χ1) is 14.9. The van der Waals surface area contributed by atoms with Crippen LogP contribution < -0.4 is 21.9 Å². The fraction of sp³-hybridized carbons (Fsp3) is 0.450. The fourth-order valence-electron chi connectivity index (χ4n) is 3.06. The molecular weight excluding hydrogens is 446 g/mol. The number of nitrogens with zero attached hydrogens (tertiary/aromatic N) is 2. The second kappa shape index (κ2) is 10.1. The average molecular weight is 473 g/mol. The number of carbonyl (C=O) groups is 1. The van der Waals surface area contributed by atoms with Crippen molar-refractivity contribution in [3.63, 3.8) is 0 Å². The molecule has 0 fully saturated rings. The minimum absolute atomic E-state index is 0.0380. The molecule has 1 amide bonds. The quantitative estimate of drug-likeness (QED) is 0.574. The van der Waals surface area contributed by atoms with E-state index in [2.05, 4.69) is 4.98 Å². The first-order valence-electron chi connectivity index (χ1n) is 9.98. The first-order valence-corrected chi connectivity index (χ1v) is 11.5. The number of benzene rings is 1. The maximum atomic E-state index is 13.2. The molecule has 3 N–H and O–H groups in total. The number of aromatic amines is 1. The van der Waals surface area contributed by atoms with Crippen molar-refractivity contribution in [2.75, 3.05) is 17.2 Å². The Morgan fingerprint density at radius 2 is 1.78 bits per heavy atom. The predicted octanol–water partition coefficient (Wildman–Crippen LogP) is 2.22. The van der Waals surface area contributed by atoms with E-state index in [0.717, 1.165) is 35.6 Å². The van der Waals surface area contributed by atoms with Crippen LogP contribution in [0.1, 0.15) is 44.0 Å². The summed E-state index contributed by atoms with van der Waals surface area (Å²) in [5.74, 6) is -4.56. The number of nitrogen functional groups attached to an aromatic ring is 1. The molecule has 0 aliphatic rings. The molecule has 12 heteroatoms. The van der Waals surface area contributed by atoms with Gasteiger partial charge in [0.15, 0.2) is 5.69 Å². The van der Waals surface area contributed by atoms with Crippen molar-refractivity contribution in [3.8, 4) is 0 Å². The fourth-order valence-corrected chi connectivity index (χ4v) is 3.78. The van der Waals surface area contributed by atoms with Gasteiger partial charge in [0.1, 0.15) is 5.82 Å². The summed E-state index contributed by atoms with van der Waals surface area (Å²) >= 11 is 0. The van der Waals surface area contributed by atoms with Crippen molar-refractivity contribution in [2.24, 2.45) is 5.92 Å². The maximum Gasteiger partial charge on any atom is 0.341 e. The van der Waals surface area contributed by atoms with Crippen molar-refractivity contribution in [1.82, 2.24) is 9.55 Å². The van der Waals surface area contributed by atoms with Gasteiger partial charge in [-0.05, 0) is 36.6 Å². The lowest BCUT2D eigenvalue weighted by molar-refractivity contribution is 0.0983. The van der Waals surface area contributed by atoms with Crippen molar-refractivity contribution in [1.29, 1.82) is 0 Å². The number of amides is 1. The molecule has 2 aromatic rings. The molecule has 0 unspecified atom stereocenters. The Balaban J connectivity index is 2.57. The highest BCUT2D eigenvalue weighted by Gasteiger charge is 2.29. The first kappa shape index (κ1) is 25.2. The summed E-state index contributed by atoms with van der Waals surface area (Å²) in [6.07, 6.45) is 1.39. The predicted molar refractivity (Wildman–Crippen MR) is 117 cm³/mol. The molecule has 1 heterocycles. The minimum Gasteiger partial charge on any atom is -0.383 e. The van der Waals surface area contributed by atoms with Gasteiger partial charge in [-0.1, -0.05) is 27.2 Å². The van der Waals surface area contributed by atoms with E-state index in [1.807, 2.05) is 6.92 Å². The van der Waals surface area contributed by atoms with Crippen LogP contribution in [0.3, 0.4) is 0 Å². The van der Waals surface area contributed by atoms with E-state index in [1.165, 1.54) is 4.57 Å². The van der Waals surface area contributed by atoms with Gasteiger partial charge in [0, 0.05) is 18.7 Å². The molecule has 1 aromatic heterocycles. The molecule has 9 nitrogen and oxygen atoms in total. The zero-order valence-electron chi connectivity index (χ0n) is 18.0. The van der Waals surface area contributed by atoms with Crippen LogP contribution in [0.25, 0.3) is 0 Å². The van der Waals surface area contributed by atoms with Crippen molar-refractivity contribution >= 4 is 27.2 Å². The molecule has 0 saturated heterocycles. The Hall–Kier alpha value is -3.02. The molecule has 0 aliphatic carbocycles. The highest BCUT2D eigenvalue weighted by molar-refractivity contribution is 7.91. The number of hydrogen-bond donors (Lipinski definition) is 2. The van der Waals surface area contributed by atoms with Gasteiger partial charge in [-0.2, -0.15) is 8.78 Å². The molecule has 32 heavy (non-hydrogen) atoms. The maximum absolute atomic E-state index is 13.2. The van der Waals surface area contributed by atoms with Gasteiger partial charge >= 0.3 is 11.4 Å². The number of unbranched alkanes of at least 4 members (excludes halogenated alkanes) is 1. The van der Waals surface area contributed by atoms with Gasteiger partial charge in [-0.3, -0.25) is 19.1 Å². The van der Waals surface area contributed by atoms with Crippen LogP contribution in [0, 0.1) is 5.92 Å². The summed E-state index contributed by atoms with van der Waals surface area (Å²) in [5, 5.41) is 0. The van der Waals surface area contributed by atoms with E-state index in [1.54, 1.807) is 13.8 Å². The van der Waals surface area contributed by atoms with Crippen LogP contribution in [-0.2, 0) is 16.4 Å². The summed E-state index contributed by atoms with van der Waals surface area (Å²) in [6.45, 7) is 5.83. The lowest BCUT2D eigenvalue weighted by atomic mass is 10.1. The van der Waals surface area contributed by atoms with Crippen LogP contribution >= 0.6 is 0 Å². The van der Waals surface area contributed by atoms with Crippen LogP contribution in [0.4, 0.5) is 20.3 Å². The van der Waals surface area contributed by atoms with Crippen molar-refractivity contribution in [2.45, 2.75) is 50.8 Å². The number of carbonyl (C=O) groups excluding carboxylic acids is 1. The van der Waals surface area contributed by atoms with Crippen LogP contribution in [-0.4, -0.2) is 36.2 Å². The Morgan fingerprint density at radius 3 is 2.28 bits per heavy atom. The van der Waals surface area contributed by atoms with Gasteiger partial charge in [0.25, 0.3) is 11.5 Å². The second-order valence-corrected chi connectivity index (χ2v) is 9.56. The van der Waals surface area contributed by atoms with Crippen molar-refractivity contribution < 1.29 is 22.0 Å². The number of hydrogen-bond acceptors (Lipinski definition) is 6. The van der Waals surface area contributed by atoms with Crippen molar-refractivity contribution in [3.05, 3.63) is 50.7 Å². The van der Waals surface area contributed by atoms with Gasteiger partial charge in [-0.15, -0.1) is 0 Å². The van der Waals surface area contributed by atoms with E-state index < -0.39 is 37.6 Å². The summed E-state index contributed by atoms with van der Waals surface area (Å²) in [7, 11) is -4.81. The monoisotopic (exact) mass is 472 g/mol. The van der Waals surface area contributed by atoms with Gasteiger partial charge in [0.05, 0.1) is 4.90 Å². The molecule has 176 valence electrons. The van der Waals surface area contributed by atoms with Gasteiger partial charge < -0.3 is 10.6 Å². The van der Waals surface area contributed by atoms with Gasteiger partial charge in [-0.25, -0.2) is 13.2 Å². The highest BCUT2D eigenvalue weighted by atomic mass is 32.2. The number of nitrogens with one attached hydrogen (secondary N) is 1. The molecule has 0 atom stereocenters. The minimum atomic E-state index is -4.81. The largest absolute Gasteiger partial charge is 0.383 e. The number of anilines is 2. The summed E-state index contributed by atoms with van der Waals surface area (Å²) in [6, 6.07) is 3.97. The Morgan fingerprint density at radius 1 is 1.19 bits per heavy atom. The molecule has 0 saturated carbocycles. The lowest BCUT2D eigenvalue weighted by Gasteiger charge is -2.26. The SMILES string of the molecule is CCCCn1c(N)c(N(CC(C)C)C(=O)c2ccc(S(=O)(=O)C(F)F)cc2)c(=O)[nH]c1=O. The highest BCUT2D eigenvalue weighted by Crippen LogP contribution is 2.23. The normalized spacial score (nSPS) is 11.8. The van der Waals surface area contributed by atoms with E-state index in [9.17, 15) is 31.6 Å². The zero-order valence-corrected chi connectivity index (χ0v) is 18.8. The Labute approximate surface area is 183 Å². The van der Waals surface area contributed by atoms with Gasteiger partial charge in [0.2, 0.25) is 9.84 Å². The Bertz CT molecular complexity index is 1190. The summed E-state index contributed by atoms with van der Waals surface area (Å²) < 4.78 is 49.9. The smallest absolute Gasteiger partial charge is 0.341 e. The summed E-state index contributed by atoms with van der Waals surface area (Å²) in [4.78, 5) is 40.7. The molecule has 0 bridgehead atoms. The molecule has 2 rings (SSSR count). The van der Waals surface area contributed by atoms with E-state index in [-0.39, 0.29) is 36.1 Å². The third kappa shape index (κ3) is 5.23.